The predicted molar refractivity (Wildman–Crippen MR) is 82.4 cm³/mol. The van der Waals surface area contributed by atoms with Gasteiger partial charge in [0, 0.05) is 17.1 Å². The summed E-state index contributed by atoms with van der Waals surface area (Å²) in [4.78, 5) is 5.72. The van der Waals surface area contributed by atoms with Gasteiger partial charge in [-0.1, -0.05) is 23.8 Å². The van der Waals surface area contributed by atoms with Crippen molar-refractivity contribution in [2.24, 2.45) is 5.73 Å². The molecule has 0 amide bonds. The minimum absolute atomic E-state index is 0.0561. The van der Waals surface area contributed by atoms with Crippen molar-refractivity contribution < 1.29 is 0 Å². The van der Waals surface area contributed by atoms with E-state index in [4.69, 9.17) is 5.73 Å². The minimum Gasteiger partial charge on any atom is -0.327 e. The molecule has 0 saturated heterocycles. The number of benzene rings is 1. The van der Waals surface area contributed by atoms with Gasteiger partial charge in [-0.2, -0.15) is 0 Å². The molecule has 2 unspecified atom stereocenters. The summed E-state index contributed by atoms with van der Waals surface area (Å²) in [6.45, 7) is 6.30. The maximum atomic E-state index is 6.14. The Kier molecular flexibility index (Phi) is 4.61. The average Bonchev–Trinajstić information content (AvgIpc) is 2.38. The molecule has 1 heterocycles. The summed E-state index contributed by atoms with van der Waals surface area (Å²) in [5, 5.41) is 0.183. The highest BCUT2D eigenvalue weighted by Crippen LogP contribution is 2.37. The van der Waals surface area contributed by atoms with E-state index in [1.54, 1.807) is 11.8 Å². The zero-order valence-corrected chi connectivity index (χ0v) is 12.4. The molecule has 0 bridgehead atoms. The van der Waals surface area contributed by atoms with E-state index in [1.165, 1.54) is 16.0 Å². The van der Waals surface area contributed by atoms with Gasteiger partial charge in [-0.05, 0) is 44.5 Å². The first-order chi connectivity index (χ1) is 9.08. The molecule has 0 aliphatic carbocycles. The molecule has 0 aliphatic rings. The second-order valence-electron chi connectivity index (χ2n) is 4.92. The number of hydrogen-bond donors (Lipinski definition) is 1. The Bertz CT molecular complexity index is 538. The summed E-state index contributed by atoms with van der Waals surface area (Å²) in [5.41, 5.74) is 9.77. The van der Waals surface area contributed by atoms with E-state index in [0.717, 1.165) is 5.69 Å². The quantitative estimate of drug-likeness (QED) is 0.858. The zero-order chi connectivity index (χ0) is 13.8. The van der Waals surface area contributed by atoms with Crippen molar-refractivity contribution in [3.63, 3.8) is 0 Å². The fourth-order valence-corrected chi connectivity index (χ4v) is 3.19. The van der Waals surface area contributed by atoms with Gasteiger partial charge in [-0.25, -0.2) is 0 Å². The maximum absolute atomic E-state index is 6.14. The third kappa shape index (κ3) is 3.58. The number of rotatable bonds is 4. The molecule has 3 heteroatoms. The minimum atomic E-state index is 0.0561. The van der Waals surface area contributed by atoms with Crippen LogP contribution in [0.25, 0.3) is 0 Å². The van der Waals surface area contributed by atoms with Gasteiger partial charge in [0.1, 0.15) is 0 Å². The molecule has 1 aromatic carbocycles. The molecular weight excluding hydrogens is 252 g/mol. The van der Waals surface area contributed by atoms with Crippen LogP contribution in [-0.4, -0.2) is 11.0 Å². The maximum Gasteiger partial charge on any atom is 0.0665 e. The summed E-state index contributed by atoms with van der Waals surface area (Å²) >= 11 is 1.80. The molecule has 19 heavy (non-hydrogen) atoms. The normalized spacial score (nSPS) is 14.1. The molecule has 0 radical (unpaired) electrons. The summed E-state index contributed by atoms with van der Waals surface area (Å²) < 4.78 is 0. The first kappa shape index (κ1) is 14.1. The van der Waals surface area contributed by atoms with Crippen molar-refractivity contribution in [2.45, 2.75) is 37.0 Å². The van der Waals surface area contributed by atoms with E-state index in [9.17, 15) is 0 Å². The van der Waals surface area contributed by atoms with Crippen LogP contribution in [0, 0.1) is 13.8 Å². The fourth-order valence-electron chi connectivity index (χ4n) is 2.05. The fraction of sp³-hybridized carbons (Fsp3) is 0.312. The molecule has 1 aromatic heterocycles. The van der Waals surface area contributed by atoms with Gasteiger partial charge in [0.05, 0.1) is 10.9 Å². The van der Waals surface area contributed by atoms with E-state index in [2.05, 4.69) is 37.0 Å². The van der Waals surface area contributed by atoms with Crippen LogP contribution >= 0.6 is 11.8 Å². The Morgan fingerprint density at radius 1 is 1.16 bits per heavy atom. The Morgan fingerprint density at radius 3 is 2.53 bits per heavy atom. The molecule has 100 valence electrons. The number of thioether (sulfide) groups is 1. The molecule has 2 nitrogen and oxygen atoms in total. The van der Waals surface area contributed by atoms with Crippen molar-refractivity contribution in [3.8, 4) is 0 Å². The van der Waals surface area contributed by atoms with Gasteiger partial charge in [0.25, 0.3) is 0 Å². The highest BCUT2D eigenvalue weighted by Gasteiger charge is 2.19. The van der Waals surface area contributed by atoms with Crippen LogP contribution in [0.2, 0.25) is 0 Å². The van der Waals surface area contributed by atoms with Crippen molar-refractivity contribution in [1.82, 2.24) is 4.98 Å². The number of pyridine rings is 1. The highest BCUT2D eigenvalue weighted by atomic mass is 32.2. The second kappa shape index (κ2) is 6.22. The first-order valence-electron chi connectivity index (χ1n) is 6.48. The summed E-state index contributed by atoms with van der Waals surface area (Å²) in [7, 11) is 0. The molecule has 2 rings (SSSR count). The van der Waals surface area contributed by atoms with E-state index >= 15 is 0 Å². The Balaban J connectivity index is 2.27. The Hall–Kier alpha value is -1.32. The average molecular weight is 272 g/mol. The van der Waals surface area contributed by atoms with Crippen LogP contribution in [0.1, 0.15) is 29.0 Å². The van der Waals surface area contributed by atoms with Gasteiger partial charge in [-0.15, -0.1) is 11.8 Å². The van der Waals surface area contributed by atoms with E-state index in [-0.39, 0.29) is 11.3 Å². The molecule has 0 saturated carbocycles. The van der Waals surface area contributed by atoms with Crippen molar-refractivity contribution >= 4 is 11.8 Å². The molecule has 2 atom stereocenters. The molecule has 0 aliphatic heterocycles. The number of nitrogens with zero attached hydrogens (tertiary/aromatic N) is 1. The third-order valence-electron chi connectivity index (χ3n) is 3.04. The van der Waals surface area contributed by atoms with Crippen LogP contribution in [0.15, 0.2) is 47.5 Å². The molecule has 0 fully saturated rings. The number of nitrogens with two attached hydrogens (primary N) is 1. The first-order valence-corrected chi connectivity index (χ1v) is 7.36. The van der Waals surface area contributed by atoms with Crippen LogP contribution in [0.4, 0.5) is 0 Å². The zero-order valence-electron chi connectivity index (χ0n) is 11.6. The van der Waals surface area contributed by atoms with Crippen LogP contribution in [0.3, 0.4) is 0 Å². The van der Waals surface area contributed by atoms with Crippen molar-refractivity contribution in [2.75, 3.05) is 0 Å². The topological polar surface area (TPSA) is 38.9 Å². The molecule has 0 spiro atoms. The predicted octanol–water partition coefficient (Wildman–Crippen LogP) is 3.88. The second-order valence-corrected chi connectivity index (χ2v) is 6.10. The lowest BCUT2D eigenvalue weighted by molar-refractivity contribution is 0.705. The summed E-state index contributed by atoms with van der Waals surface area (Å²) in [6, 6.07) is 12.6. The van der Waals surface area contributed by atoms with Gasteiger partial charge >= 0.3 is 0 Å². The SMILES string of the molecule is Cc1ccc(SC(c2ccccn2)C(C)N)c(C)c1. The van der Waals surface area contributed by atoms with Crippen LogP contribution in [0.5, 0.6) is 0 Å². The molecular formula is C16H20N2S. The smallest absolute Gasteiger partial charge is 0.0665 e. The van der Waals surface area contributed by atoms with Crippen molar-refractivity contribution in [3.05, 3.63) is 59.4 Å². The third-order valence-corrected chi connectivity index (χ3v) is 4.68. The van der Waals surface area contributed by atoms with E-state index in [0.29, 0.717) is 0 Å². The van der Waals surface area contributed by atoms with Gasteiger partial charge in [-0.3, -0.25) is 4.98 Å². The highest BCUT2D eigenvalue weighted by molar-refractivity contribution is 7.99. The standard InChI is InChI=1S/C16H20N2S/c1-11-7-8-15(12(2)10-11)19-16(13(3)17)14-6-4-5-9-18-14/h4-10,13,16H,17H2,1-3H3. The van der Waals surface area contributed by atoms with Gasteiger partial charge < -0.3 is 5.73 Å². The Morgan fingerprint density at radius 2 is 1.95 bits per heavy atom. The monoisotopic (exact) mass is 272 g/mol. The lowest BCUT2D eigenvalue weighted by Crippen LogP contribution is -2.23. The lowest BCUT2D eigenvalue weighted by atomic mass is 10.1. The van der Waals surface area contributed by atoms with Gasteiger partial charge in [0.2, 0.25) is 0 Å². The molecule has 2 aromatic rings. The lowest BCUT2D eigenvalue weighted by Gasteiger charge is -2.20. The number of aryl methyl sites for hydroxylation is 2. The van der Waals surface area contributed by atoms with E-state index in [1.807, 2.05) is 31.3 Å². The van der Waals surface area contributed by atoms with Gasteiger partial charge in [0.15, 0.2) is 0 Å². The summed E-state index contributed by atoms with van der Waals surface area (Å²) in [5.74, 6) is 0. The largest absolute Gasteiger partial charge is 0.327 e. The van der Waals surface area contributed by atoms with Crippen LogP contribution < -0.4 is 5.73 Å². The van der Waals surface area contributed by atoms with E-state index < -0.39 is 0 Å². The van der Waals surface area contributed by atoms with Crippen LogP contribution in [-0.2, 0) is 0 Å². The number of aromatic nitrogens is 1. The number of hydrogen-bond acceptors (Lipinski definition) is 3. The molecule has 2 N–H and O–H groups in total. The Labute approximate surface area is 119 Å². The van der Waals surface area contributed by atoms with Crippen molar-refractivity contribution in [1.29, 1.82) is 0 Å². The summed E-state index contributed by atoms with van der Waals surface area (Å²) in [6.07, 6.45) is 1.83.